The summed E-state index contributed by atoms with van der Waals surface area (Å²) in [6, 6.07) is 7.92. The maximum atomic E-state index is 12.5. The molecular formula is C17H21BrN2O. The normalized spacial score (nSPS) is 11.1. The molecule has 0 saturated carbocycles. The van der Waals surface area contributed by atoms with Crippen LogP contribution in [0.2, 0.25) is 0 Å². The Kier molecular flexibility index (Phi) is 4.99. The van der Waals surface area contributed by atoms with Crippen LogP contribution >= 0.6 is 15.9 Å². The Hall–Kier alpha value is -1.42. The standard InChI is InChI=1S/C17H21BrN2O/c1-5-20-15(17(18)12(4)19-20)10-16(21)14-8-6-13(7-9-14)11(2)3/h6-9,11H,5,10H2,1-4H3. The van der Waals surface area contributed by atoms with Crippen LogP contribution in [0.1, 0.15) is 54.0 Å². The Morgan fingerprint density at radius 2 is 1.90 bits per heavy atom. The molecule has 0 spiro atoms. The average Bonchev–Trinajstić information content (AvgIpc) is 2.75. The van der Waals surface area contributed by atoms with E-state index in [1.807, 2.05) is 42.8 Å². The van der Waals surface area contributed by atoms with E-state index in [2.05, 4.69) is 34.9 Å². The van der Waals surface area contributed by atoms with Gasteiger partial charge in [-0.05, 0) is 41.3 Å². The molecule has 2 aromatic rings. The fraction of sp³-hybridized carbons (Fsp3) is 0.412. The van der Waals surface area contributed by atoms with E-state index in [0.29, 0.717) is 12.3 Å². The van der Waals surface area contributed by atoms with Crippen molar-refractivity contribution in [2.24, 2.45) is 0 Å². The molecule has 0 saturated heterocycles. The van der Waals surface area contributed by atoms with Gasteiger partial charge in [-0.1, -0.05) is 38.1 Å². The number of hydrogen-bond acceptors (Lipinski definition) is 2. The molecule has 0 aliphatic rings. The summed E-state index contributed by atoms with van der Waals surface area (Å²) in [6.07, 6.45) is 0.371. The molecule has 0 aliphatic heterocycles. The lowest BCUT2D eigenvalue weighted by Crippen LogP contribution is -2.10. The van der Waals surface area contributed by atoms with Gasteiger partial charge in [-0.3, -0.25) is 9.48 Å². The Labute approximate surface area is 134 Å². The largest absolute Gasteiger partial charge is 0.294 e. The van der Waals surface area contributed by atoms with E-state index in [1.165, 1.54) is 5.56 Å². The highest BCUT2D eigenvalue weighted by Gasteiger charge is 2.16. The predicted molar refractivity (Wildman–Crippen MR) is 88.9 cm³/mol. The minimum atomic E-state index is 0.126. The van der Waals surface area contributed by atoms with Crippen molar-refractivity contribution in [2.45, 2.75) is 46.6 Å². The highest BCUT2D eigenvalue weighted by molar-refractivity contribution is 9.10. The first-order chi connectivity index (χ1) is 9.93. The number of aryl methyl sites for hydroxylation is 2. The molecule has 1 aromatic heterocycles. The predicted octanol–water partition coefficient (Wildman–Crippen LogP) is 4.52. The third-order valence-corrected chi connectivity index (χ3v) is 4.71. The minimum absolute atomic E-state index is 0.126. The molecule has 21 heavy (non-hydrogen) atoms. The smallest absolute Gasteiger partial charge is 0.168 e. The maximum absolute atomic E-state index is 12.5. The van der Waals surface area contributed by atoms with Gasteiger partial charge in [-0.2, -0.15) is 5.10 Å². The molecule has 4 heteroatoms. The highest BCUT2D eigenvalue weighted by Crippen LogP contribution is 2.23. The van der Waals surface area contributed by atoms with Gasteiger partial charge in [0.25, 0.3) is 0 Å². The summed E-state index contributed by atoms with van der Waals surface area (Å²) in [7, 11) is 0. The van der Waals surface area contributed by atoms with Gasteiger partial charge in [0.1, 0.15) is 0 Å². The highest BCUT2D eigenvalue weighted by atomic mass is 79.9. The van der Waals surface area contributed by atoms with Gasteiger partial charge < -0.3 is 0 Å². The summed E-state index contributed by atoms with van der Waals surface area (Å²) in [5.74, 6) is 0.605. The Balaban J connectivity index is 2.22. The number of Topliss-reactive ketones (excluding diaryl/α,β-unsaturated/α-hetero) is 1. The number of benzene rings is 1. The summed E-state index contributed by atoms with van der Waals surface area (Å²) >= 11 is 3.54. The van der Waals surface area contributed by atoms with Crippen molar-refractivity contribution in [3.05, 3.63) is 51.3 Å². The van der Waals surface area contributed by atoms with E-state index < -0.39 is 0 Å². The SMILES string of the molecule is CCn1nc(C)c(Br)c1CC(=O)c1ccc(C(C)C)cc1. The van der Waals surface area contributed by atoms with E-state index >= 15 is 0 Å². The number of ketones is 1. The molecule has 1 heterocycles. The van der Waals surface area contributed by atoms with Crippen LogP contribution in [0.25, 0.3) is 0 Å². The van der Waals surface area contributed by atoms with Crippen molar-refractivity contribution in [3.8, 4) is 0 Å². The summed E-state index contributed by atoms with van der Waals surface area (Å²) in [6.45, 7) is 9.04. The molecule has 0 radical (unpaired) electrons. The fourth-order valence-corrected chi connectivity index (χ4v) is 2.77. The van der Waals surface area contributed by atoms with E-state index in [9.17, 15) is 4.79 Å². The number of halogens is 1. The van der Waals surface area contributed by atoms with Gasteiger partial charge in [0.15, 0.2) is 5.78 Å². The molecule has 0 atom stereocenters. The third kappa shape index (κ3) is 3.43. The number of carbonyl (C=O) groups is 1. The van der Waals surface area contributed by atoms with Gasteiger partial charge >= 0.3 is 0 Å². The number of aromatic nitrogens is 2. The molecule has 0 unspecified atom stereocenters. The number of rotatable bonds is 5. The quantitative estimate of drug-likeness (QED) is 0.744. The molecule has 0 bridgehead atoms. The Morgan fingerprint density at radius 1 is 1.29 bits per heavy atom. The second-order valence-corrected chi connectivity index (χ2v) is 6.33. The van der Waals surface area contributed by atoms with E-state index in [1.54, 1.807) is 0 Å². The number of nitrogens with zero attached hydrogens (tertiary/aromatic N) is 2. The van der Waals surface area contributed by atoms with E-state index in [4.69, 9.17) is 0 Å². The van der Waals surface area contributed by atoms with Crippen LogP contribution in [0.5, 0.6) is 0 Å². The Bertz CT molecular complexity index is 642. The van der Waals surface area contributed by atoms with Crippen molar-refractivity contribution < 1.29 is 4.79 Å². The van der Waals surface area contributed by atoms with Crippen LogP contribution < -0.4 is 0 Å². The maximum Gasteiger partial charge on any atom is 0.168 e. The fourth-order valence-electron chi connectivity index (χ4n) is 2.35. The first-order valence-corrected chi connectivity index (χ1v) is 8.08. The molecule has 112 valence electrons. The summed E-state index contributed by atoms with van der Waals surface area (Å²) in [4.78, 5) is 12.5. The second-order valence-electron chi connectivity index (χ2n) is 5.54. The van der Waals surface area contributed by atoms with Gasteiger partial charge in [0.2, 0.25) is 0 Å². The van der Waals surface area contributed by atoms with Crippen LogP contribution in [-0.2, 0) is 13.0 Å². The topological polar surface area (TPSA) is 34.9 Å². The molecule has 0 fully saturated rings. The van der Waals surface area contributed by atoms with E-state index in [0.717, 1.165) is 28.0 Å². The van der Waals surface area contributed by atoms with Gasteiger partial charge in [0.05, 0.1) is 22.3 Å². The number of hydrogen-bond donors (Lipinski definition) is 0. The molecule has 3 nitrogen and oxygen atoms in total. The van der Waals surface area contributed by atoms with Gasteiger partial charge in [0, 0.05) is 12.1 Å². The molecule has 0 aliphatic carbocycles. The molecule has 1 aromatic carbocycles. The summed E-state index contributed by atoms with van der Waals surface area (Å²) < 4.78 is 2.83. The van der Waals surface area contributed by atoms with Crippen LogP contribution in [0, 0.1) is 6.92 Å². The lowest BCUT2D eigenvalue weighted by molar-refractivity contribution is 0.0990. The lowest BCUT2D eigenvalue weighted by Gasteiger charge is -2.08. The first-order valence-electron chi connectivity index (χ1n) is 7.29. The van der Waals surface area contributed by atoms with Crippen LogP contribution in [-0.4, -0.2) is 15.6 Å². The van der Waals surface area contributed by atoms with Crippen molar-refractivity contribution in [1.29, 1.82) is 0 Å². The van der Waals surface area contributed by atoms with Crippen LogP contribution in [0.3, 0.4) is 0 Å². The van der Waals surface area contributed by atoms with Crippen LogP contribution in [0.15, 0.2) is 28.7 Å². The van der Waals surface area contributed by atoms with Gasteiger partial charge in [-0.15, -0.1) is 0 Å². The zero-order valence-corrected chi connectivity index (χ0v) is 14.6. The van der Waals surface area contributed by atoms with Gasteiger partial charge in [-0.25, -0.2) is 0 Å². The van der Waals surface area contributed by atoms with Crippen molar-refractivity contribution >= 4 is 21.7 Å². The summed E-state index contributed by atoms with van der Waals surface area (Å²) in [5, 5.41) is 4.43. The molecular weight excluding hydrogens is 328 g/mol. The van der Waals surface area contributed by atoms with Crippen molar-refractivity contribution in [3.63, 3.8) is 0 Å². The number of carbonyl (C=O) groups excluding carboxylic acids is 1. The zero-order valence-electron chi connectivity index (χ0n) is 13.0. The Morgan fingerprint density at radius 3 is 2.43 bits per heavy atom. The molecule has 0 amide bonds. The zero-order chi connectivity index (χ0) is 15.6. The monoisotopic (exact) mass is 348 g/mol. The lowest BCUT2D eigenvalue weighted by atomic mass is 9.99. The minimum Gasteiger partial charge on any atom is -0.294 e. The summed E-state index contributed by atoms with van der Waals surface area (Å²) in [5.41, 5.74) is 3.89. The second kappa shape index (κ2) is 6.56. The first kappa shape index (κ1) is 16.0. The van der Waals surface area contributed by atoms with E-state index in [-0.39, 0.29) is 5.78 Å². The van der Waals surface area contributed by atoms with Crippen molar-refractivity contribution in [2.75, 3.05) is 0 Å². The van der Waals surface area contributed by atoms with Crippen LogP contribution in [0.4, 0.5) is 0 Å². The molecule has 0 N–H and O–H groups in total. The molecule has 2 rings (SSSR count). The average molecular weight is 349 g/mol. The third-order valence-electron chi connectivity index (χ3n) is 3.68. The van der Waals surface area contributed by atoms with Crippen molar-refractivity contribution in [1.82, 2.24) is 9.78 Å².